The molecule has 2 nitrogen and oxygen atoms in total. The molecule has 0 heterocycles. The monoisotopic (exact) mass is 129 g/mol. The number of nitrogens with two attached hydrogens (primary N) is 1. The summed E-state index contributed by atoms with van der Waals surface area (Å²) in [4.78, 5) is 0. The maximum Gasteiger partial charge on any atom is 0.0693 e. The molecule has 0 saturated heterocycles. The van der Waals surface area contributed by atoms with E-state index in [-0.39, 0.29) is 12.1 Å². The molecule has 0 aromatic carbocycles. The van der Waals surface area contributed by atoms with E-state index in [1.165, 1.54) is 6.42 Å². The van der Waals surface area contributed by atoms with Crippen LogP contribution in [0.25, 0.3) is 0 Å². The summed E-state index contributed by atoms with van der Waals surface area (Å²) in [7, 11) is 0. The first kappa shape index (κ1) is 7.03. The Balaban J connectivity index is 2.35. The topological polar surface area (TPSA) is 46.2 Å². The number of hydrogen-bond donors (Lipinski definition) is 2. The Hall–Kier alpha value is -0.0800. The van der Waals surface area contributed by atoms with Crippen LogP contribution in [-0.4, -0.2) is 17.3 Å². The van der Waals surface area contributed by atoms with Crippen LogP contribution in [0.1, 0.15) is 26.2 Å². The third kappa shape index (κ3) is 1.66. The van der Waals surface area contributed by atoms with Crippen LogP contribution in [0.15, 0.2) is 0 Å². The zero-order valence-corrected chi connectivity index (χ0v) is 5.88. The van der Waals surface area contributed by atoms with Crippen molar-refractivity contribution in [3.8, 4) is 0 Å². The van der Waals surface area contributed by atoms with Crippen LogP contribution in [0, 0.1) is 5.92 Å². The quantitative estimate of drug-likeness (QED) is 0.500. The molecule has 3 unspecified atom stereocenters. The van der Waals surface area contributed by atoms with Crippen molar-refractivity contribution < 1.29 is 5.11 Å². The van der Waals surface area contributed by atoms with Crippen molar-refractivity contribution in [1.82, 2.24) is 0 Å². The molecule has 0 amide bonds. The Morgan fingerprint density at radius 3 is 2.56 bits per heavy atom. The highest BCUT2D eigenvalue weighted by molar-refractivity contribution is 4.79. The summed E-state index contributed by atoms with van der Waals surface area (Å²) >= 11 is 0. The first-order valence-corrected chi connectivity index (χ1v) is 3.64. The Morgan fingerprint density at radius 1 is 1.44 bits per heavy atom. The molecule has 0 radical (unpaired) electrons. The van der Waals surface area contributed by atoms with Crippen molar-refractivity contribution in [3.05, 3.63) is 0 Å². The Labute approximate surface area is 56.1 Å². The van der Waals surface area contributed by atoms with Gasteiger partial charge in [0.2, 0.25) is 0 Å². The summed E-state index contributed by atoms with van der Waals surface area (Å²) in [5.74, 6) is 0.666. The molecule has 3 atom stereocenters. The van der Waals surface area contributed by atoms with Gasteiger partial charge in [-0.15, -0.1) is 0 Å². The third-order valence-corrected chi connectivity index (χ3v) is 2.13. The van der Waals surface area contributed by atoms with Gasteiger partial charge in [-0.1, -0.05) is 6.92 Å². The molecule has 1 fully saturated rings. The van der Waals surface area contributed by atoms with Crippen molar-refractivity contribution in [1.29, 1.82) is 0 Å². The molecular weight excluding hydrogens is 114 g/mol. The van der Waals surface area contributed by atoms with Crippen LogP contribution in [0.5, 0.6) is 0 Å². The summed E-state index contributed by atoms with van der Waals surface area (Å²) in [6.45, 7) is 2.16. The van der Waals surface area contributed by atoms with Crippen molar-refractivity contribution in [3.63, 3.8) is 0 Å². The van der Waals surface area contributed by atoms with Crippen molar-refractivity contribution in [2.45, 2.75) is 38.3 Å². The molecule has 1 aliphatic rings. The predicted octanol–water partition coefficient (Wildman–Crippen LogP) is 0.495. The van der Waals surface area contributed by atoms with E-state index >= 15 is 0 Å². The van der Waals surface area contributed by atoms with E-state index in [4.69, 9.17) is 5.73 Å². The number of aliphatic hydroxyl groups excluding tert-OH is 1. The molecule has 0 spiro atoms. The van der Waals surface area contributed by atoms with Gasteiger partial charge in [-0.25, -0.2) is 0 Å². The first-order chi connectivity index (χ1) is 4.20. The molecular formula is C7H15NO. The van der Waals surface area contributed by atoms with E-state index in [0.717, 1.165) is 12.8 Å². The highest BCUT2D eigenvalue weighted by atomic mass is 16.3. The molecule has 0 aromatic rings. The van der Waals surface area contributed by atoms with Crippen molar-refractivity contribution in [2.75, 3.05) is 0 Å². The van der Waals surface area contributed by atoms with Gasteiger partial charge in [0.15, 0.2) is 0 Å². The van der Waals surface area contributed by atoms with Crippen LogP contribution in [-0.2, 0) is 0 Å². The van der Waals surface area contributed by atoms with Crippen LogP contribution >= 0.6 is 0 Å². The van der Waals surface area contributed by atoms with Gasteiger partial charge in [0, 0.05) is 6.04 Å². The minimum atomic E-state index is -0.242. The Kier molecular flexibility index (Phi) is 2.09. The van der Waals surface area contributed by atoms with E-state index in [0.29, 0.717) is 5.92 Å². The molecule has 2 heteroatoms. The molecule has 54 valence electrons. The normalized spacial score (nSPS) is 45.0. The smallest absolute Gasteiger partial charge is 0.0693 e. The first-order valence-electron chi connectivity index (χ1n) is 3.64. The van der Waals surface area contributed by atoms with Crippen molar-refractivity contribution >= 4 is 0 Å². The van der Waals surface area contributed by atoms with Gasteiger partial charge in [-0.05, 0) is 25.2 Å². The van der Waals surface area contributed by atoms with E-state index in [2.05, 4.69) is 6.92 Å². The Bertz CT molecular complexity index is 94.9. The maximum absolute atomic E-state index is 9.22. The summed E-state index contributed by atoms with van der Waals surface area (Å²) < 4.78 is 0. The van der Waals surface area contributed by atoms with E-state index in [1.807, 2.05) is 0 Å². The van der Waals surface area contributed by atoms with E-state index in [9.17, 15) is 5.11 Å². The largest absolute Gasteiger partial charge is 0.392 e. The SMILES string of the molecule is CC1CCC(N)C(O)C1. The summed E-state index contributed by atoms with van der Waals surface area (Å²) in [5.41, 5.74) is 5.59. The molecule has 1 rings (SSSR count). The minimum absolute atomic E-state index is 0.0428. The van der Waals surface area contributed by atoms with E-state index in [1.54, 1.807) is 0 Å². The number of rotatable bonds is 0. The zero-order valence-electron chi connectivity index (χ0n) is 5.88. The molecule has 3 N–H and O–H groups in total. The van der Waals surface area contributed by atoms with Crippen LogP contribution < -0.4 is 5.73 Å². The molecule has 0 bridgehead atoms. The maximum atomic E-state index is 9.22. The summed E-state index contributed by atoms with van der Waals surface area (Å²) in [6.07, 6.45) is 2.82. The fourth-order valence-electron chi connectivity index (χ4n) is 1.37. The summed E-state index contributed by atoms with van der Waals surface area (Å²) in [6, 6.07) is 0.0428. The second-order valence-corrected chi connectivity index (χ2v) is 3.15. The standard InChI is InChI=1S/C7H15NO/c1-5-2-3-6(8)7(9)4-5/h5-7,9H,2-4,8H2,1H3. The van der Waals surface area contributed by atoms with Crippen LogP contribution in [0.4, 0.5) is 0 Å². The van der Waals surface area contributed by atoms with Gasteiger partial charge >= 0.3 is 0 Å². The van der Waals surface area contributed by atoms with E-state index < -0.39 is 0 Å². The van der Waals surface area contributed by atoms with Gasteiger partial charge < -0.3 is 10.8 Å². The van der Waals surface area contributed by atoms with Gasteiger partial charge in [0.05, 0.1) is 6.10 Å². The molecule has 0 aromatic heterocycles. The highest BCUT2D eigenvalue weighted by Crippen LogP contribution is 2.22. The van der Waals surface area contributed by atoms with Crippen LogP contribution in [0.2, 0.25) is 0 Å². The lowest BCUT2D eigenvalue weighted by atomic mass is 9.86. The molecule has 0 aliphatic heterocycles. The summed E-state index contributed by atoms with van der Waals surface area (Å²) in [5, 5.41) is 9.22. The average molecular weight is 129 g/mol. The van der Waals surface area contributed by atoms with Gasteiger partial charge in [-0.2, -0.15) is 0 Å². The van der Waals surface area contributed by atoms with Gasteiger partial charge in [-0.3, -0.25) is 0 Å². The zero-order chi connectivity index (χ0) is 6.85. The lowest BCUT2D eigenvalue weighted by Gasteiger charge is -2.28. The second-order valence-electron chi connectivity index (χ2n) is 3.15. The Morgan fingerprint density at radius 2 is 2.11 bits per heavy atom. The number of hydrogen-bond acceptors (Lipinski definition) is 2. The molecule has 9 heavy (non-hydrogen) atoms. The van der Waals surface area contributed by atoms with Gasteiger partial charge in [0.25, 0.3) is 0 Å². The molecule has 1 aliphatic carbocycles. The lowest BCUT2D eigenvalue weighted by molar-refractivity contribution is 0.0856. The molecule has 1 saturated carbocycles. The average Bonchev–Trinajstić information content (AvgIpc) is 1.80. The second kappa shape index (κ2) is 2.67. The number of aliphatic hydroxyl groups is 1. The lowest BCUT2D eigenvalue weighted by Crippen LogP contribution is -2.39. The van der Waals surface area contributed by atoms with Crippen LogP contribution in [0.3, 0.4) is 0 Å². The van der Waals surface area contributed by atoms with Crippen molar-refractivity contribution in [2.24, 2.45) is 11.7 Å². The predicted molar refractivity (Wildman–Crippen MR) is 37.0 cm³/mol. The third-order valence-electron chi connectivity index (χ3n) is 2.13. The highest BCUT2D eigenvalue weighted by Gasteiger charge is 2.23. The minimum Gasteiger partial charge on any atom is -0.392 e. The fourth-order valence-corrected chi connectivity index (χ4v) is 1.37. The van der Waals surface area contributed by atoms with Gasteiger partial charge in [0.1, 0.15) is 0 Å². The fraction of sp³-hybridized carbons (Fsp3) is 1.00.